The van der Waals surface area contributed by atoms with Crippen LogP contribution < -0.4 is 5.32 Å². The van der Waals surface area contributed by atoms with Crippen LogP contribution in [0.25, 0.3) is 10.8 Å². The SMILES string of the molecule is S=C(Nc1cccc2ccccc12)N1CCN(C2C3CC4CC(C3)CC2C4)CC1. The molecule has 0 amide bonds. The molecule has 0 unspecified atom stereocenters. The van der Waals surface area contributed by atoms with Gasteiger partial charge in [0.2, 0.25) is 0 Å². The maximum atomic E-state index is 5.81. The highest BCUT2D eigenvalue weighted by Crippen LogP contribution is 2.55. The molecule has 0 atom stereocenters. The molecule has 5 aliphatic rings. The van der Waals surface area contributed by atoms with Gasteiger partial charge in [-0.1, -0.05) is 36.4 Å². The lowest BCUT2D eigenvalue weighted by Crippen LogP contribution is -2.60. The van der Waals surface area contributed by atoms with Crippen molar-refractivity contribution in [3.8, 4) is 0 Å². The Morgan fingerprint density at radius 1 is 0.793 bits per heavy atom. The highest BCUT2D eigenvalue weighted by atomic mass is 32.1. The number of benzene rings is 2. The molecule has 2 aromatic carbocycles. The van der Waals surface area contributed by atoms with Gasteiger partial charge in [-0.2, -0.15) is 0 Å². The van der Waals surface area contributed by atoms with E-state index in [1.54, 1.807) is 6.42 Å². The van der Waals surface area contributed by atoms with Gasteiger partial charge in [0.05, 0.1) is 0 Å². The number of nitrogens with zero attached hydrogens (tertiary/aromatic N) is 2. The lowest BCUT2D eigenvalue weighted by atomic mass is 9.54. The summed E-state index contributed by atoms with van der Waals surface area (Å²) in [7, 11) is 0. The van der Waals surface area contributed by atoms with Crippen molar-refractivity contribution >= 4 is 33.8 Å². The van der Waals surface area contributed by atoms with Gasteiger partial charge >= 0.3 is 0 Å². The molecular weight excluding hydrogens is 374 g/mol. The van der Waals surface area contributed by atoms with E-state index in [1.165, 1.54) is 49.5 Å². The van der Waals surface area contributed by atoms with Crippen LogP contribution in [0.3, 0.4) is 0 Å². The van der Waals surface area contributed by atoms with Crippen LogP contribution in [0, 0.1) is 23.7 Å². The van der Waals surface area contributed by atoms with Crippen molar-refractivity contribution in [3.05, 3.63) is 42.5 Å². The van der Waals surface area contributed by atoms with Gasteiger partial charge in [0.25, 0.3) is 0 Å². The van der Waals surface area contributed by atoms with Gasteiger partial charge in [-0.3, -0.25) is 4.90 Å². The first-order chi connectivity index (χ1) is 14.2. The summed E-state index contributed by atoms with van der Waals surface area (Å²) in [5, 5.41) is 6.92. The molecule has 7 rings (SSSR count). The summed E-state index contributed by atoms with van der Waals surface area (Å²) in [6, 6.07) is 15.8. The molecular formula is C25H31N3S. The largest absolute Gasteiger partial charge is 0.346 e. The zero-order chi connectivity index (χ0) is 19.4. The van der Waals surface area contributed by atoms with E-state index >= 15 is 0 Å². The van der Waals surface area contributed by atoms with Crippen LogP contribution in [0.1, 0.15) is 32.1 Å². The first-order valence-electron chi connectivity index (χ1n) is 11.5. The minimum absolute atomic E-state index is 0.865. The second kappa shape index (κ2) is 7.24. The molecule has 4 heteroatoms. The maximum absolute atomic E-state index is 5.81. The Kier molecular flexibility index (Phi) is 4.53. The number of rotatable bonds is 2. The number of thiocarbonyl (C=S) groups is 1. The normalized spacial score (nSPS) is 33.9. The lowest BCUT2D eigenvalue weighted by Gasteiger charge is -2.58. The molecule has 0 radical (unpaired) electrons. The molecule has 4 aliphatic carbocycles. The van der Waals surface area contributed by atoms with E-state index < -0.39 is 0 Å². The fourth-order valence-corrected chi connectivity index (χ4v) is 7.54. The maximum Gasteiger partial charge on any atom is 0.173 e. The number of hydrogen-bond donors (Lipinski definition) is 1. The van der Waals surface area contributed by atoms with E-state index in [9.17, 15) is 0 Å². The first kappa shape index (κ1) is 18.1. The Morgan fingerprint density at radius 2 is 1.45 bits per heavy atom. The minimum atomic E-state index is 0.865. The van der Waals surface area contributed by atoms with Gasteiger partial charge in [0.1, 0.15) is 0 Å². The number of fused-ring (bicyclic) bond motifs is 1. The molecule has 1 aliphatic heterocycles. The molecule has 4 bridgehead atoms. The molecule has 152 valence electrons. The quantitative estimate of drug-likeness (QED) is 0.710. The van der Waals surface area contributed by atoms with Crippen molar-refractivity contribution in [2.75, 3.05) is 31.5 Å². The summed E-state index contributed by atoms with van der Waals surface area (Å²) in [4.78, 5) is 5.22. The number of piperazine rings is 1. The highest BCUT2D eigenvalue weighted by Gasteiger charge is 2.50. The number of hydrogen-bond acceptors (Lipinski definition) is 2. The van der Waals surface area contributed by atoms with Crippen LogP contribution in [-0.4, -0.2) is 47.1 Å². The van der Waals surface area contributed by atoms with E-state index in [1.807, 2.05) is 0 Å². The Labute approximate surface area is 179 Å². The van der Waals surface area contributed by atoms with E-state index in [4.69, 9.17) is 12.2 Å². The molecule has 1 heterocycles. The minimum Gasteiger partial charge on any atom is -0.346 e. The van der Waals surface area contributed by atoms with Gasteiger partial charge in [-0.15, -0.1) is 0 Å². The predicted octanol–water partition coefficient (Wildman–Crippen LogP) is 4.98. The average Bonchev–Trinajstić information content (AvgIpc) is 2.74. The second-order valence-electron chi connectivity index (χ2n) is 9.90. The second-order valence-corrected chi connectivity index (χ2v) is 10.3. The third-order valence-corrected chi connectivity index (χ3v) is 8.59. The third-order valence-electron chi connectivity index (χ3n) is 8.23. The van der Waals surface area contributed by atoms with Crippen LogP contribution in [0.15, 0.2) is 42.5 Å². The summed E-state index contributed by atoms with van der Waals surface area (Å²) < 4.78 is 0. The molecule has 1 N–H and O–H groups in total. The summed E-state index contributed by atoms with van der Waals surface area (Å²) >= 11 is 5.81. The van der Waals surface area contributed by atoms with Crippen molar-refractivity contribution in [2.24, 2.45) is 23.7 Å². The fraction of sp³-hybridized carbons (Fsp3) is 0.560. The monoisotopic (exact) mass is 405 g/mol. The van der Waals surface area contributed by atoms with E-state index in [0.717, 1.165) is 53.6 Å². The third kappa shape index (κ3) is 3.25. The Balaban J connectivity index is 1.10. The van der Waals surface area contributed by atoms with Crippen LogP contribution in [0.5, 0.6) is 0 Å². The molecule has 5 fully saturated rings. The molecule has 3 nitrogen and oxygen atoms in total. The van der Waals surface area contributed by atoms with Crippen molar-refractivity contribution in [2.45, 2.75) is 38.1 Å². The highest BCUT2D eigenvalue weighted by molar-refractivity contribution is 7.80. The van der Waals surface area contributed by atoms with Gasteiger partial charge in [-0.25, -0.2) is 0 Å². The van der Waals surface area contributed by atoms with Crippen LogP contribution in [-0.2, 0) is 0 Å². The smallest absolute Gasteiger partial charge is 0.173 e. The number of nitrogens with one attached hydrogen (secondary N) is 1. The average molecular weight is 406 g/mol. The van der Waals surface area contributed by atoms with E-state index in [2.05, 4.69) is 57.6 Å². The topological polar surface area (TPSA) is 18.5 Å². The van der Waals surface area contributed by atoms with Gasteiger partial charge in [0, 0.05) is 43.3 Å². The molecule has 29 heavy (non-hydrogen) atoms. The van der Waals surface area contributed by atoms with Crippen molar-refractivity contribution < 1.29 is 0 Å². The van der Waals surface area contributed by atoms with Gasteiger partial charge in [0.15, 0.2) is 5.11 Å². The molecule has 1 saturated heterocycles. The van der Waals surface area contributed by atoms with Crippen molar-refractivity contribution in [1.29, 1.82) is 0 Å². The fourth-order valence-electron chi connectivity index (χ4n) is 7.24. The summed E-state index contributed by atoms with van der Waals surface area (Å²) in [6.45, 7) is 4.45. The lowest BCUT2D eigenvalue weighted by molar-refractivity contribution is -0.0726. The zero-order valence-electron chi connectivity index (χ0n) is 17.1. The molecule has 0 aromatic heterocycles. The summed E-state index contributed by atoms with van der Waals surface area (Å²) in [5.41, 5.74) is 1.12. The Hall–Kier alpha value is -1.65. The summed E-state index contributed by atoms with van der Waals surface area (Å²) in [6.07, 6.45) is 7.59. The predicted molar refractivity (Wildman–Crippen MR) is 124 cm³/mol. The van der Waals surface area contributed by atoms with Crippen LogP contribution in [0.4, 0.5) is 5.69 Å². The zero-order valence-corrected chi connectivity index (χ0v) is 17.9. The van der Waals surface area contributed by atoms with Crippen molar-refractivity contribution in [1.82, 2.24) is 9.80 Å². The van der Waals surface area contributed by atoms with Gasteiger partial charge in [-0.05, 0) is 79.4 Å². The Morgan fingerprint density at radius 3 is 2.17 bits per heavy atom. The first-order valence-corrected chi connectivity index (χ1v) is 11.9. The summed E-state index contributed by atoms with van der Waals surface area (Å²) in [5.74, 6) is 4.09. The number of anilines is 1. The van der Waals surface area contributed by atoms with Crippen LogP contribution in [0.2, 0.25) is 0 Å². The molecule has 2 aromatic rings. The van der Waals surface area contributed by atoms with Crippen molar-refractivity contribution in [3.63, 3.8) is 0 Å². The molecule has 0 spiro atoms. The van der Waals surface area contributed by atoms with Crippen LogP contribution >= 0.6 is 12.2 Å². The molecule has 4 saturated carbocycles. The van der Waals surface area contributed by atoms with Gasteiger partial charge < -0.3 is 10.2 Å². The standard InChI is InChI=1S/C25H31N3S/c29-25(26-23-7-3-5-19-4-1-2-6-22(19)23)28-10-8-27(9-11-28)24-20-13-17-12-18(15-20)16-21(24)14-17/h1-7,17-18,20-21,24H,8-16H2,(H,26,29). The van der Waals surface area contributed by atoms with E-state index in [-0.39, 0.29) is 0 Å². The van der Waals surface area contributed by atoms with E-state index in [0.29, 0.717) is 0 Å². The Bertz CT molecular complexity index is 884.